The Morgan fingerprint density at radius 3 is 2.44 bits per heavy atom. The van der Waals surface area contributed by atoms with Crippen molar-refractivity contribution in [3.05, 3.63) is 77.6 Å². The fourth-order valence-electron chi connectivity index (χ4n) is 2.61. The topological polar surface area (TPSA) is 93.1 Å². The third kappa shape index (κ3) is 5.18. The molecule has 0 unspecified atom stereocenters. The van der Waals surface area contributed by atoms with Crippen molar-refractivity contribution < 1.29 is 13.2 Å². The number of hydrogen-bond acceptors (Lipinski definition) is 4. The highest BCUT2D eigenvalue weighted by molar-refractivity contribution is 7.92. The normalized spacial score (nSPS) is 11.2. The first-order chi connectivity index (χ1) is 12.8. The molecule has 0 aliphatic carbocycles. The molecule has 0 aliphatic rings. The lowest BCUT2D eigenvalue weighted by Crippen LogP contribution is -2.14. The number of amides is 1. The van der Waals surface area contributed by atoms with Crippen molar-refractivity contribution in [3.63, 3.8) is 0 Å². The molecule has 8 heteroatoms. The van der Waals surface area contributed by atoms with Crippen molar-refractivity contribution in [1.82, 2.24) is 9.78 Å². The molecule has 0 saturated carbocycles. The minimum atomic E-state index is -3.39. The van der Waals surface area contributed by atoms with Gasteiger partial charge >= 0.3 is 0 Å². The standard InChI is InChI=1S/C19H20N4O3S/c1-14-11-18(21-23(14)13-15-7-4-3-5-8-15)19(24)20-16-9-6-10-17(12-16)22-27(2,25)26/h3-12,22H,13H2,1-2H3,(H,20,24). The summed E-state index contributed by atoms with van der Waals surface area (Å²) in [6.45, 7) is 2.47. The highest BCUT2D eigenvalue weighted by atomic mass is 32.2. The van der Waals surface area contributed by atoms with Crippen molar-refractivity contribution >= 4 is 27.3 Å². The van der Waals surface area contributed by atoms with Gasteiger partial charge in [-0.15, -0.1) is 0 Å². The van der Waals surface area contributed by atoms with Crippen molar-refractivity contribution in [2.24, 2.45) is 0 Å². The van der Waals surface area contributed by atoms with E-state index in [0.717, 1.165) is 17.5 Å². The van der Waals surface area contributed by atoms with Gasteiger partial charge in [-0.3, -0.25) is 14.2 Å². The molecule has 140 valence electrons. The number of aryl methyl sites for hydroxylation is 1. The Balaban J connectivity index is 1.73. The Morgan fingerprint density at radius 2 is 1.74 bits per heavy atom. The number of hydrogen-bond donors (Lipinski definition) is 2. The van der Waals surface area contributed by atoms with E-state index in [1.54, 1.807) is 35.0 Å². The van der Waals surface area contributed by atoms with Crippen LogP contribution in [0.15, 0.2) is 60.7 Å². The number of anilines is 2. The summed E-state index contributed by atoms with van der Waals surface area (Å²) in [4.78, 5) is 12.5. The molecule has 0 atom stereocenters. The fraction of sp³-hybridized carbons (Fsp3) is 0.158. The second-order valence-electron chi connectivity index (χ2n) is 6.22. The number of benzene rings is 2. The minimum Gasteiger partial charge on any atom is -0.321 e. The third-order valence-corrected chi connectivity index (χ3v) is 4.42. The first-order valence-corrected chi connectivity index (χ1v) is 10.2. The molecule has 2 aromatic carbocycles. The Morgan fingerprint density at radius 1 is 1.04 bits per heavy atom. The molecule has 7 nitrogen and oxygen atoms in total. The van der Waals surface area contributed by atoms with Crippen LogP contribution in [0.5, 0.6) is 0 Å². The number of carbonyl (C=O) groups excluding carboxylic acids is 1. The zero-order valence-electron chi connectivity index (χ0n) is 15.0. The molecule has 1 aromatic heterocycles. The van der Waals surface area contributed by atoms with E-state index in [1.165, 1.54) is 0 Å². The van der Waals surface area contributed by atoms with Crippen LogP contribution in [0.1, 0.15) is 21.7 Å². The summed E-state index contributed by atoms with van der Waals surface area (Å²) in [5.41, 5.74) is 3.11. The molecule has 0 aliphatic heterocycles. The van der Waals surface area contributed by atoms with E-state index in [9.17, 15) is 13.2 Å². The second-order valence-corrected chi connectivity index (χ2v) is 7.97. The average molecular weight is 384 g/mol. The zero-order chi connectivity index (χ0) is 19.4. The van der Waals surface area contributed by atoms with Crippen LogP contribution < -0.4 is 10.0 Å². The van der Waals surface area contributed by atoms with Gasteiger partial charge in [0.2, 0.25) is 10.0 Å². The van der Waals surface area contributed by atoms with Crippen LogP contribution >= 0.6 is 0 Å². The predicted octanol–water partition coefficient (Wildman–Crippen LogP) is 2.86. The largest absolute Gasteiger partial charge is 0.321 e. The summed E-state index contributed by atoms with van der Waals surface area (Å²) in [6.07, 6.45) is 1.07. The highest BCUT2D eigenvalue weighted by Crippen LogP contribution is 2.17. The predicted molar refractivity (Wildman–Crippen MR) is 105 cm³/mol. The van der Waals surface area contributed by atoms with E-state index in [2.05, 4.69) is 15.1 Å². The van der Waals surface area contributed by atoms with Crippen LogP contribution in [-0.2, 0) is 16.6 Å². The fourth-order valence-corrected chi connectivity index (χ4v) is 3.16. The molecule has 27 heavy (non-hydrogen) atoms. The van der Waals surface area contributed by atoms with Crippen LogP contribution in [0, 0.1) is 6.92 Å². The van der Waals surface area contributed by atoms with Gasteiger partial charge in [0.1, 0.15) is 0 Å². The molecule has 2 N–H and O–H groups in total. The number of carbonyl (C=O) groups is 1. The molecule has 0 fully saturated rings. The summed E-state index contributed by atoms with van der Waals surface area (Å²) >= 11 is 0. The SMILES string of the molecule is Cc1cc(C(=O)Nc2cccc(NS(C)(=O)=O)c2)nn1Cc1ccccc1. The van der Waals surface area contributed by atoms with Gasteiger partial charge in [-0.05, 0) is 36.8 Å². The number of sulfonamides is 1. The lowest BCUT2D eigenvalue weighted by atomic mass is 10.2. The first-order valence-electron chi connectivity index (χ1n) is 8.28. The molecule has 1 heterocycles. The van der Waals surface area contributed by atoms with Crippen LogP contribution in [-0.4, -0.2) is 30.4 Å². The first kappa shape index (κ1) is 18.7. The van der Waals surface area contributed by atoms with E-state index in [-0.39, 0.29) is 5.91 Å². The van der Waals surface area contributed by atoms with Crippen LogP contribution in [0.25, 0.3) is 0 Å². The Bertz CT molecular complexity index is 1060. The molecular weight excluding hydrogens is 364 g/mol. The maximum absolute atomic E-state index is 12.5. The molecule has 0 radical (unpaired) electrons. The van der Waals surface area contributed by atoms with Gasteiger partial charge in [0.25, 0.3) is 5.91 Å². The van der Waals surface area contributed by atoms with E-state index >= 15 is 0 Å². The number of nitrogens with zero attached hydrogens (tertiary/aromatic N) is 2. The molecule has 0 bridgehead atoms. The molecular formula is C19H20N4O3S. The molecule has 3 aromatic rings. The maximum atomic E-state index is 12.5. The van der Waals surface area contributed by atoms with Gasteiger partial charge in [-0.25, -0.2) is 8.42 Å². The minimum absolute atomic E-state index is 0.296. The zero-order valence-corrected chi connectivity index (χ0v) is 15.8. The van der Waals surface area contributed by atoms with Gasteiger partial charge in [0.05, 0.1) is 18.5 Å². The van der Waals surface area contributed by atoms with Gasteiger partial charge in [-0.2, -0.15) is 5.10 Å². The van der Waals surface area contributed by atoms with E-state index in [1.807, 2.05) is 37.3 Å². The molecule has 0 spiro atoms. The van der Waals surface area contributed by atoms with E-state index < -0.39 is 10.0 Å². The molecule has 1 amide bonds. The Labute approximate surface area is 158 Å². The Hall–Kier alpha value is -3.13. The number of aromatic nitrogens is 2. The maximum Gasteiger partial charge on any atom is 0.276 e. The van der Waals surface area contributed by atoms with E-state index in [4.69, 9.17) is 0 Å². The number of rotatable bonds is 6. The van der Waals surface area contributed by atoms with Crippen molar-refractivity contribution in [3.8, 4) is 0 Å². The highest BCUT2D eigenvalue weighted by Gasteiger charge is 2.13. The quantitative estimate of drug-likeness (QED) is 0.683. The monoisotopic (exact) mass is 384 g/mol. The van der Waals surface area contributed by atoms with Gasteiger partial charge < -0.3 is 5.32 Å². The van der Waals surface area contributed by atoms with E-state index in [0.29, 0.717) is 23.6 Å². The van der Waals surface area contributed by atoms with Crippen LogP contribution in [0.3, 0.4) is 0 Å². The molecule has 0 saturated heterocycles. The second kappa shape index (κ2) is 7.63. The summed E-state index contributed by atoms with van der Waals surface area (Å²) in [5.74, 6) is -0.360. The summed E-state index contributed by atoms with van der Waals surface area (Å²) < 4.78 is 26.8. The number of nitrogens with one attached hydrogen (secondary N) is 2. The summed E-state index contributed by atoms with van der Waals surface area (Å²) in [5, 5.41) is 7.12. The van der Waals surface area contributed by atoms with Gasteiger partial charge in [0.15, 0.2) is 5.69 Å². The Kier molecular flexibility index (Phi) is 5.27. The third-order valence-electron chi connectivity index (χ3n) is 3.81. The molecule has 3 rings (SSSR count). The summed E-state index contributed by atoms with van der Waals surface area (Å²) in [6, 6.07) is 18.1. The lowest BCUT2D eigenvalue weighted by Gasteiger charge is -2.07. The van der Waals surface area contributed by atoms with Crippen molar-refractivity contribution in [2.75, 3.05) is 16.3 Å². The van der Waals surface area contributed by atoms with Gasteiger partial charge in [0, 0.05) is 11.4 Å². The van der Waals surface area contributed by atoms with Crippen LogP contribution in [0.2, 0.25) is 0 Å². The lowest BCUT2D eigenvalue weighted by molar-refractivity contribution is 0.102. The van der Waals surface area contributed by atoms with Crippen molar-refractivity contribution in [2.45, 2.75) is 13.5 Å². The average Bonchev–Trinajstić information content (AvgIpc) is 2.95. The summed E-state index contributed by atoms with van der Waals surface area (Å²) in [7, 11) is -3.39. The van der Waals surface area contributed by atoms with Crippen LogP contribution in [0.4, 0.5) is 11.4 Å². The smallest absolute Gasteiger partial charge is 0.276 e. The van der Waals surface area contributed by atoms with Gasteiger partial charge in [-0.1, -0.05) is 36.4 Å². The van der Waals surface area contributed by atoms with Crippen molar-refractivity contribution in [1.29, 1.82) is 0 Å².